The molecule has 2 heterocycles. The third-order valence-electron chi connectivity index (χ3n) is 3.56. The van der Waals surface area contributed by atoms with E-state index in [4.69, 9.17) is 0 Å². The van der Waals surface area contributed by atoms with Gasteiger partial charge in [0.15, 0.2) is 5.82 Å². The second-order valence-electron chi connectivity index (χ2n) is 5.06. The van der Waals surface area contributed by atoms with Crippen LogP contribution in [0.15, 0.2) is 48.8 Å². The van der Waals surface area contributed by atoms with Gasteiger partial charge in [-0.05, 0) is 25.1 Å². The lowest BCUT2D eigenvalue weighted by Crippen LogP contribution is -2.14. The quantitative estimate of drug-likeness (QED) is 0.566. The third kappa shape index (κ3) is 2.98. The highest BCUT2D eigenvalue weighted by molar-refractivity contribution is 6.05. The van der Waals surface area contributed by atoms with Gasteiger partial charge in [-0.2, -0.15) is 5.10 Å². The second kappa shape index (κ2) is 6.29. The number of rotatable bonds is 4. The van der Waals surface area contributed by atoms with E-state index in [9.17, 15) is 14.9 Å². The first-order valence-electron chi connectivity index (χ1n) is 7.07. The maximum absolute atomic E-state index is 12.4. The van der Waals surface area contributed by atoms with Gasteiger partial charge in [-0.15, -0.1) is 0 Å². The number of nitro groups is 1. The number of hydrogen-bond donors (Lipinski definition) is 2. The highest BCUT2D eigenvalue weighted by Crippen LogP contribution is 2.23. The van der Waals surface area contributed by atoms with E-state index in [0.29, 0.717) is 11.4 Å². The average Bonchev–Trinajstić information content (AvgIpc) is 3.04. The number of carbonyl (C=O) groups excluding carboxylic acids is 1. The number of H-pyrrole nitrogens is 1. The van der Waals surface area contributed by atoms with Crippen LogP contribution >= 0.6 is 0 Å². The number of nitro benzene ring substituents is 1. The molecule has 1 amide bonds. The summed E-state index contributed by atoms with van der Waals surface area (Å²) in [6.45, 7) is 1.54. The van der Waals surface area contributed by atoms with Crippen LogP contribution in [-0.2, 0) is 0 Å². The maximum Gasteiger partial charge on any atom is 0.273 e. The van der Waals surface area contributed by atoms with E-state index in [1.165, 1.54) is 18.2 Å². The van der Waals surface area contributed by atoms with Crippen molar-refractivity contribution in [2.45, 2.75) is 6.92 Å². The van der Waals surface area contributed by atoms with E-state index in [0.717, 1.165) is 11.3 Å². The normalized spacial score (nSPS) is 10.4. The SMILES string of the molecule is Cc1c(C(=O)Nc2cc(-c3ccncc3)[nH]n2)cccc1[N+](=O)[O-]. The molecule has 0 aliphatic carbocycles. The molecule has 0 aliphatic heterocycles. The number of amides is 1. The number of pyridine rings is 1. The molecule has 8 nitrogen and oxygen atoms in total. The summed E-state index contributed by atoms with van der Waals surface area (Å²) in [4.78, 5) is 26.8. The molecule has 0 spiro atoms. The summed E-state index contributed by atoms with van der Waals surface area (Å²) < 4.78 is 0. The first-order valence-corrected chi connectivity index (χ1v) is 7.07. The van der Waals surface area contributed by atoms with Gasteiger partial charge in [-0.3, -0.25) is 25.0 Å². The second-order valence-corrected chi connectivity index (χ2v) is 5.06. The zero-order valence-electron chi connectivity index (χ0n) is 12.7. The number of aromatic nitrogens is 3. The first-order chi connectivity index (χ1) is 11.6. The summed E-state index contributed by atoms with van der Waals surface area (Å²) >= 11 is 0. The Morgan fingerprint density at radius 3 is 2.71 bits per heavy atom. The number of nitrogens with zero attached hydrogens (tertiary/aromatic N) is 3. The van der Waals surface area contributed by atoms with E-state index in [1.807, 2.05) is 12.1 Å². The van der Waals surface area contributed by atoms with Crippen LogP contribution in [0, 0.1) is 17.0 Å². The molecule has 0 saturated heterocycles. The summed E-state index contributed by atoms with van der Waals surface area (Å²) in [7, 11) is 0. The summed E-state index contributed by atoms with van der Waals surface area (Å²) in [5, 5.41) is 20.5. The molecule has 0 unspecified atom stereocenters. The summed E-state index contributed by atoms with van der Waals surface area (Å²) in [6.07, 6.45) is 3.31. The Balaban J connectivity index is 1.83. The lowest BCUT2D eigenvalue weighted by molar-refractivity contribution is -0.385. The summed E-state index contributed by atoms with van der Waals surface area (Å²) in [5.41, 5.74) is 2.05. The van der Waals surface area contributed by atoms with Crippen LogP contribution in [0.4, 0.5) is 11.5 Å². The Labute approximate surface area is 136 Å². The highest BCUT2D eigenvalue weighted by atomic mass is 16.6. The van der Waals surface area contributed by atoms with Crippen molar-refractivity contribution in [3.8, 4) is 11.3 Å². The Bertz CT molecular complexity index is 905. The van der Waals surface area contributed by atoms with Gasteiger partial charge in [0, 0.05) is 41.2 Å². The Morgan fingerprint density at radius 2 is 2.00 bits per heavy atom. The summed E-state index contributed by atoms with van der Waals surface area (Å²) in [5.74, 6) is -0.123. The van der Waals surface area contributed by atoms with Crippen molar-refractivity contribution in [2.24, 2.45) is 0 Å². The fourth-order valence-corrected chi connectivity index (χ4v) is 2.32. The molecule has 120 valence electrons. The van der Waals surface area contributed by atoms with Crippen LogP contribution in [0.3, 0.4) is 0 Å². The van der Waals surface area contributed by atoms with Crippen LogP contribution < -0.4 is 5.32 Å². The summed E-state index contributed by atoms with van der Waals surface area (Å²) in [6, 6.07) is 9.68. The van der Waals surface area contributed by atoms with E-state index >= 15 is 0 Å². The van der Waals surface area contributed by atoms with Gasteiger partial charge >= 0.3 is 0 Å². The zero-order chi connectivity index (χ0) is 17.1. The van der Waals surface area contributed by atoms with Crippen LogP contribution in [0.2, 0.25) is 0 Å². The average molecular weight is 323 g/mol. The number of hydrogen-bond acceptors (Lipinski definition) is 5. The van der Waals surface area contributed by atoms with Gasteiger partial charge in [0.2, 0.25) is 0 Å². The van der Waals surface area contributed by atoms with Gasteiger partial charge in [-0.25, -0.2) is 0 Å². The molecule has 3 aromatic rings. The van der Waals surface area contributed by atoms with E-state index in [1.54, 1.807) is 25.4 Å². The van der Waals surface area contributed by atoms with Crippen molar-refractivity contribution in [2.75, 3.05) is 5.32 Å². The maximum atomic E-state index is 12.4. The molecule has 2 aromatic heterocycles. The van der Waals surface area contributed by atoms with Crippen molar-refractivity contribution in [1.29, 1.82) is 0 Å². The third-order valence-corrected chi connectivity index (χ3v) is 3.56. The molecular weight excluding hydrogens is 310 g/mol. The number of nitrogens with one attached hydrogen (secondary N) is 2. The lowest BCUT2D eigenvalue weighted by atomic mass is 10.1. The fraction of sp³-hybridized carbons (Fsp3) is 0.0625. The molecule has 1 aromatic carbocycles. The molecule has 3 rings (SSSR count). The van der Waals surface area contributed by atoms with E-state index in [2.05, 4.69) is 20.5 Å². The first kappa shape index (κ1) is 15.3. The van der Waals surface area contributed by atoms with Crippen LogP contribution in [0.25, 0.3) is 11.3 Å². The van der Waals surface area contributed by atoms with Crippen molar-refractivity contribution < 1.29 is 9.72 Å². The van der Waals surface area contributed by atoms with Crippen LogP contribution in [0.5, 0.6) is 0 Å². The highest BCUT2D eigenvalue weighted by Gasteiger charge is 2.18. The van der Waals surface area contributed by atoms with Crippen LogP contribution in [-0.4, -0.2) is 26.0 Å². The predicted octanol–water partition coefficient (Wildman–Crippen LogP) is 2.94. The van der Waals surface area contributed by atoms with E-state index < -0.39 is 10.8 Å². The molecule has 0 bridgehead atoms. The van der Waals surface area contributed by atoms with Crippen molar-refractivity contribution in [3.63, 3.8) is 0 Å². The lowest BCUT2D eigenvalue weighted by Gasteiger charge is -2.05. The Hall–Kier alpha value is -3.55. The number of aromatic amines is 1. The molecule has 0 atom stereocenters. The molecule has 2 N–H and O–H groups in total. The topological polar surface area (TPSA) is 114 Å². The van der Waals surface area contributed by atoms with Gasteiger partial charge in [0.05, 0.1) is 10.6 Å². The van der Waals surface area contributed by atoms with Crippen LogP contribution in [0.1, 0.15) is 15.9 Å². The monoisotopic (exact) mass is 323 g/mol. The van der Waals surface area contributed by atoms with Gasteiger partial charge in [0.1, 0.15) is 0 Å². The number of benzene rings is 1. The molecule has 0 saturated carbocycles. The molecule has 24 heavy (non-hydrogen) atoms. The van der Waals surface area contributed by atoms with Gasteiger partial charge in [-0.1, -0.05) is 6.07 Å². The van der Waals surface area contributed by atoms with Gasteiger partial charge in [0.25, 0.3) is 11.6 Å². The van der Waals surface area contributed by atoms with Crippen molar-refractivity contribution in [3.05, 3.63) is 70.0 Å². The Morgan fingerprint density at radius 1 is 1.25 bits per heavy atom. The standard InChI is InChI=1S/C16H13N5O3/c1-10-12(3-2-4-14(10)21(23)24)16(22)18-15-9-13(19-20-15)11-5-7-17-8-6-11/h2-9H,1H3,(H2,18,19,20,22). The van der Waals surface area contributed by atoms with E-state index in [-0.39, 0.29) is 11.3 Å². The molecule has 0 radical (unpaired) electrons. The van der Waals surface area contributed by atoms with Crippen molar-refractivity contribution >= 4 is 17.4 Å². The predicted molar refractivity (Wildman–Crippen MR) is 87.6 cm³/mol. The van der Waals surface area contributed by atoms with Crippen molar-refractivity contribution in [1.82, 2.24) is 15.2 Å². The molecule has 8 heteroatoms. The number of anilines is 1. The Kier molecular flexibility index (Phi) is 4.02. The zero-order valence-corrected chi connectivity index (χ0v) is 12.7. The minimum atomic E-state index is -0.512. The minimum absolute atomic E-state index is 0.0952. The largest absolute Gasteiger partial charge is 0.305 e. The molecular formula is C16H13N5O3. The fourth-order valence-electron chi connectivity index (χ4n) is 2.32. The number of carbonyl (C=O) groups is 1. The smallest absolute Gasteiger partial charge is 0.273 e. The van der Waals surface area contributed by atoms with Gasteiger partial charge < -0.3 is 5.32 Å². The molecule has 0 fully saturated rings. The molecule has 0 aliphatic rings. The minimum Gasteiger partial charge on any atom is -0.305 e.